The molecule has 1 aromatic carbocycles. The molecule has 1 aliphatic heterocycles. The van der Waals surface area contributed by atoms with Gasteiger partial charge in [0.2, 0.25) is 15.9 Å². The van der Waals surface area contributed by atoms with Crippen molar-refractivity contribution in [3.8, 4) is 0 Å². The van der Waals surface area contributed by atoms with E-state index in [-0.39, 0.29) is 30.9 Å². The van der Waals surface area contributed by atoms with Gasteiger partial charge in [0, 0.05) is 19.5 Å². The van der Waals surface area contributed by atoms with Crippen LogP contribution in [0.15, 0.2) is 18.2 Å². The molecule has 0 aromatic heterocycles. The van der Waals surface area contributed by atoms with Crippen molar-refractivity contribution in [3.05, 3.63) is 35.4 Å². The topological polar surface area (TPSA) is 66.5 Å². The van der Waals surface area contributed by atoms with E-state index in [1.807, 2.05) is 0 Å². The fraction of sp³-hybridized carbons (Fsp3) is 0.533. The van der Waals surface area contributed by atoms with Gasteiger partial charge in [-0.25, -0.2) is 21.9 Å². The number of amides is 1. The van der Waals surface area contributed by atoms with Crippen LogP contribution in [0.3, 0.4) is 0 Å². The van der Waals surface area contributed by atoms with Crippen molar-refractivity contribution in [1.29, 1.82) is 0 Å². The van der Waals surface area contributed by atoms with Crippen molar-refractivity contribution < 1.29 is 22.0 Å². The Morgan fingerprint density at radius 3 is 2.83 bits per heavy atom. The van der Waals surface area contributed by atoms with Crippen LogP contribution in [0.2, 0.25) is 0 Å². The molecule has 5 nitrogen and oxygen atoms in total. The van der Waals surface area contributed by atoms with Crippen LogP contribution in [0.25, 0.3) is 0 Å². The molecule has 128 valence electrons. The zero-order valence-corrected chi connectivity index (χ0v) is 13.7. The number of hydrogen-bond acceptors (Lipinski definition) is 3. The van der Waals surface area contributed by atoms with E-state index in [1.165, 1.54) is 11.9 Å². The first kappa shape index (κ1) is 17.8. The summed E-state index contributed by atoms with van der Waals surface area (Å²) >= 11 is 0. The van der Waals surface area contributed by atoms with Gasteiger partial charge >= 0.3 is 0 Å². The summed E-state index contributed by atoms with van der Waals surface area (Å²) in [5.41, 5.74) is 0.245. The molecule has 1 aromatic rings. The van der Waals surface area contributed by atoms with Gasteiger partial charge in [-0.15, -0.1) is 0 Å². The highest BCUT2D eigenvalue weighted by atomic mass is 32.2. The molecule has 1 fully saturated rings. The average Bonchev–Trinajstić information content (AvgIpc) is 3.01. The van der Waals surface area contributed by atoms with Crippen molar-refractivity contribution >= 4 is 15.9 Å². The molecule has 1 N–H and O–H groups in total. The van der Waals surface area contributed by atoms with E-state index in [2.05, 4.69) is 4.72 Å². The van der Waals surface area contributed by atoms with E-state index >= 15 is 0 Å². The number of carbonyl (C=O) groups is 1. The van der Waals surface area contributed by atoms with Crippen LogP contribution in [-0.4, -0.2) is 44.6 Å². The molecule has 1 heterocycles. The van der Waals surface area contributed by atoms with Crippen LogP contribution in [0.1, 0.15) is 24.8 Å². The van der Waals surface area contributed by atoms with E-state index in [1.54, 1.807) is 0 Å². The predicted octanol–water partition coefficient (Wildman–Crippen LogP) is 1.44. The second-order valence-electron chi connectivity index (χ2n) is 5.59. The lowest BCUT2D eigenvalue weighted by molar-refractivity contribution is -0.130. The number of likely N-dealkylation sites (tertiary alicyclic amines) is 1. The summed E-state index contributed by atoms with van der Waals surface area (Å²) < 4.78 is 52.2. The number of nitrogens with zero attached hydrogens (tertiary/aromatic N) is 1. The van der Waals surface area contributed by atoms with Crippen LogP contribution < -0.4 is 4.72 Å². The lowest BCUT2D eigenvalue weighted by Gasteiger charge is -2.16. The Kier molecular flexibility index (Phi) is 5.69. The lowest BCUT2D eigenvalue weighted by Crippen LogP contribution is -2.36. The third-order valence-electron chi connectivity index (χ3n) is 4.07. The Balaban J connectivity index is 1.83. The second kappa shape index (κ2) is 7.35. The van der Waals surface area contributed by atoms with Crippen LogP contribution >= 0.6 is 0 Å². The maximum Gasteiger partial charge on any atom is 0.222 e. The number of halogens is 2. The Labute approximate surface area is 134 Å². The molecule has 1 atom stereocenters. The molecule has 0 saturated carbocycles. The highest BCUT2D eigenvalue weighted by Crippen LogP contribution is 2.18. The molecule has 0 radical (unpaired) electrons. The highest BCUT2D eigenvalue weighted by molar-refractivity contribution is 7.90. The number of hydrogen-bond donors (Lipinski definition) is 1. The highest BCUT2D eigenvalue weighted by Gasteiger charge is 2.33. The molecule has 0 unspecified atom stereocenters. The van der Waals surface area contributed by atoms with Gasteiger partial charge in [0.15, 0.2) is 0 Å². The molecule has 1 aliphatic rings. The van der Waals surface area contributed by atoms with Gasteiger partial charge in [-0.3, -0.25) is 4.79 Å². The van der Waals surface area contributed by atoms with Crippen molar-refractivity contribution in [2.24, 2.45) is 0 Å². The fourth-order valence-electron chi connectivity index (χ4n) is 2.70. The van der Waals surface area contributed by atoms with Crippen molar-refractivity contribution in [2.45, 2.75) is 30.9 Å². The summed E-state index contributed by atoms with van der Waals surface area (Å²) in [6.45, 7) is 0.578. The Morgan fingerprint density at radius 1 is 1.39 bits per heavy atom. The molecular formula is C15H20F2N2O3S. The summed E-state index contributed by atoms with van der Waals surface area (Å²) in [7, 11) is -2.02. The first-order valence-corrected chi connectivity index (χ1v) is 9.02. The average molecular weight is 346 g/mol. The van der Waals surface area contributed by atoms with E-state index in [0.717, 1.165) is 18.2 Å². The van der Waals surface area contributed by atoms with Crippen molar-refractivity contribution in [3.63, 3.8) is 0 Å². The molecule has 0 aliphatic carbocycles. The molecule has 8 heteroatoms. The second-order valence-corrected chi connectivity index (χ2v) is 7.75. The third kappa shape index (κ3) is 4.48. The van der Waals surface area contributed by atoms with Gasteiger partial charge in [0.1, 0.15) is 11.6 Å². The number of aryl methyl sites for hydroxylation is 1. The predicted molar refractivity (Wildman–Crippen MR) is 82.3 cm³/mol. The molecule has 2 rings (SSSR count). The molecule has 1 amide bonds. The number of benzene rings is 1. The Morgan fingerprint density at radius 2 is 2.13 bits per heavy atom. The van der Waals surface area contributed by atoms with Crippen molar-refractivity contribution in [1.82, 2.24) is 9.62 Å². The van der Waals surface area contributed by atoms with E-state index in [9.17, 15) is 22.0 Å². The normalized spacial score (nSPS) is 18.4. The largest absolute Gasteiger partial charge is 0.341 e. The number of carbonyl (C=O) groups excluding carboxylic acids is 1. The minimum absolute atomic E-state index is 0.157. The lowest BCUT2D eigenvalue weighted by atomic mass is 10.1. The zero-order chi connectivity index (χ0) is 17.0. The van der Waals surface area contributed by atoms with Crippen molar-refractivity contribution in [2.75, 3.05) is 20.1 Å². The maximum absolute atomic E-state index is 13.5. The van der Waals surface area contributed by atoms with Crippen LogP contribution in [0.5, 0.6) is 0 Å². The first-order valence-electron chi connectivity index (χ1n) is 7.47. The number of nitrogens with one attached hydrogen (secondary N) is 1. The monoisotopic (exact) mass is 346 g/mol. The summed E-state index contributed by atoms with van der Waals surface area (Å²) in [6, 6.07) is 3.25. The Hall–Kier alpha value is -1.54. The fourth-order valence-corrected chi connectivity index (χ4v) is 3.82. The molecular weight excluding hydrogens is 326 g/mol. The number of rotatable bonds is 6. The van der Waals surface area contributed by atoms with Gasteiger partial charge < -0.3 is 4.90 Å². The van der Waals surface area contributed by atoms with Crippen LogP contribution in [0, 0.1) is 11.6 Å². The van der Waals surface area contributed by atoms with Gasteiger partial charge in [-0.2, -0.15) is 0 Å². The number of sulfonamides is 1. The standard InChI is InChI=1S/C15H20F2N2O3S/c1-18-23(21,22)13-7-8-19(10-13)15(20)4-2-3-11-9-12(16)5-6-14(11)17/h5-6,9,13,18H,2-4,7-8,10H2,1H3/t13-/m1/s1. The molecule has 23 heavy (non-hydrogen) atoms. The molecule has 0 bridgehead atoms. The van der Waals surface area contributed by atoms with Crippen LogP contribution in [-0.2, 0) is 21.2 Å². The van der Waals surface area contributed by atoms with Gasteiger partial charge in [-0.05, 0) is 50.1 Å². The molecule has 0 spiro atoms. The summed E-state index contributed by atoms with van der Waals surface area (Å²) in [6.07, 6.45) is 1.25. The summed E-state index contributed by atoms with van der Waals surface area (Å²) in [5, 5.41) is -0.586. The minimum atomic E-state index is -3.37. The third-order valence-corrected chi connectivity index (χ3v) is 5.90. The smallest absolute Gasteiger partial charge is 0.222 e. The van der Waals surface area contributed by atoms with E-state index in [4.69, 9.17) is 0 Å². The van der Waals surface area contributed by atoms with Crippen LogP contribution in [0.4, 0.5) is 8.78 Å². The van der Waals surface area contributed by atoms with Gasteiger partial charge in [0.25, 0.3) is 0 Å². The first-order chi connectivity index (χ1) is 10.8. The minimum Gasteiger partial charge on any atom is -0.341 e. The summed E-state index contributed by atoms with van der Waals surface area (Å²) in [5.74, 6) is -1.15. The molecule has 1 saturated heterocycles. The van der Waals surface area contributed by atoms with E-state index in [0.29, 0.717) is 19.4 Å². The van der Waals surface area contributed by atoms with Gasteiger partial charge in [0.05, 0.1) is 5.25 Å². The quantitative estimate of drug-likeness (QED) is 0.848. The maximum atomic E-state index is 13.5. The SMILES string of the molecule is CNS(=O)(=O)[C@@H]1CCN(C(=O)CCCc2cc(F)ccc2F)C1. The zero-order valence-electron chi connectivity index (χ0n) is 12.9. The Bertz CT molecular complexity index is 679. The van der Waals surface area contributed by atoms with E-state index < -0.39 is 26.9 Å². The van der Waals surface area contributed by atoms with Gasteiger partial charge in [-0.1, -0.05) is 0 Å². The summed E-state index contributed by atoms with van der Waals surface area (Å²) in [4.78, 5) is 13.6.